The van der Waals surface area contributed by atoms with Gasteiger partial charge in [-0.25, -0.2) is 9.78 Å². The molecule has 18 heavy (non-hydrogen) atoms. The predicted molar refractivity (Wildman–Crippen MR) is 63.8 cm³/mol. The number of nitrogens with one attached hydrogen (secondary N) is 1. The van der Waals surface area contributed by atoms with Crippen molar-refractivity contribution < 1.29 is 14.7 Å². The number of hydrogen-bond acceptors (Lipinski definition) is 6. The second-order valence-electron chi connectivity index (χ2n) is 3.38. The summed E-state index contributed by atoms with van der Waals surface area (Å²) < 4.78 is 3.66. The Hall–Kier alpha value is -2.35. The van der Waals surface area contributed by atoms with Gasteiger partial charge in [0.1, 0.15) is 10.6 Å². The van der Waals surface area contributed by atoms with Crippen LogP contribution >= 0.6 is 11.5 Å². The van der Waals surface area contributed by atoms with Gasteiger partial charge in [0.2, 0.25) is 0 Å². The molecule has 0 atom stereocenters. The van der Waals surface area contributed by atoms with E-state index in [-0.39, 0.29) is 11.6 Å². The van der Waals surface area contributed by atoms with Crippen molar-refractivity contribution in [1.82, 2.24) is 14.6 Å². The molecule has 2 N–H and O–H groups in total. The van der Waals surface area contributed by atoms with E-state index >= 15 is 0 Å². The summed E-state index contributed by atoms with van der Waals surface area (Å²) in [6.07, 6.45) is 1.28. The summed E-state index contributed by atoms with van der Waals surface area (Å²) in [5.41, 5.74) is 0.883. The fraction of sp³-hybridized carbons (Fsp3) is 0.100. The maximum atomic E-state index is 11.8. The minimum Gasteiger partial charge on any atom is -0.477 e. The van der Waals surface area contributed by atoms with Crippen LogP contribution < -0.4 is 5.32 Å². The first-order chi connectivity index (χ1) is 8.58. The molecule has 0 saturated heterocycles. The van der Waals surface area contributed by atoms with Crippen molar-refractivity contribution in [3.63, 3.8) is 0 Å². The molecular weight excluding hydrogens is 256 g/mol. The molecule has 92 valence electrons. The van der Waals surface area contributed by atoms with Crippen LogP contribution in [-0.2, 0) is 0 Å². The van der Waals surface area contributed by atoms with Crippen LogP contribution in [0.5, 0.6) is 0 Å². The monoisotopic (exact) mass is 264 g/mol. The van der Waals surface area contributed by atoms with E-state index in [4.69, 9.17) is 5.11 Å². The average Bonchev–Trinajstić information content (AvgIpc) is 2.76. The van der Waals surface area contributed by atoms with Crippen LogP contribution in [0, 0.1) is 6.92 Å². The molecule has 8 heteroatoms. The minimum atomic E-state index is -1.12. The molecule has 1 amide bonds. The van der Waals surface area contributed by atoms with Gasteiger partial charge in [-0.1, -0.05) is 4.49 Å². The van der Waals surface area contributed by atoms with Crippen molar-refractivity contribution in [3.8, 4) is 0 Å². The van der Waals surface area contributed by atoms with Crippen molar-refractivity contribution in [2.45, 2.75) is 6.92 Å². The summed E-state index contributed by atoms with van der Waals surface area (Å²) in [6.45, 7) is 1.68. The fourth-order valence-electron chi connectivity index (χ4n) is 1.22. The third-order valence-electron chi connectivity index (χ3n) is 2.10. The fourth-order valence-corrected chi connectivity index (χ4v) is 1.77. The number of aromatic carboxylic acids is 1. The van der Waals surface area contributed by atoms with Gasteiger partial charge in [-0.2, -0.15) is 0 Å². The van der Waals surface area contributed by atoms with E-state index in [2.05, 4.69) is 19.9 Å². The van der Waals surface area contributed by atoms with E-state index in [0.29, 0.717) is 16.3 Å². The van der Waals surface area contributed by atoms with Crippen molar-refractivity contribution in [3.05, 3.63) is 34.6 Å². The van der Waals surface area contributed by atoms with Crippen molar-refractivity contribution in [2.24, 2.45) is 0 Å². The highest BCUT2D eigenvalue weighted by molar-refractivity contribution is 7.08. The number of rotatable bonds is 3. The molecule has 0 unspecified atom stereocenters. The summed E-state index contributed by atoms with van der Waals surface area (Å²) in [5, 5.41) is 15.0. The van der Waals surface area contributed by atoms with E-state index in [9.17, 15) is 9.59 Å². The first-order valence-corrected chi connectivity index (χ1v) is 5.65. The number of aromatic nitrogens is 3. The van der Waals surface area contributed by atoms with Crippen LogP contribution in [0.4, 0.5) is 5.69 Å². The standard InChI is InChI=1S/C10H8N4O3S/c1-5-8(18-14-13-5)9(15)12-6-2-3-7(10(16)17)11-4-6/h2-4H,1H3,(H,12,15)(H,16,17). The zero-order valence-electron chi connectivity index (χ0n) is 9.25. The Morgan fingerprint density at radius 3 is 2.67 bits per heavy atom. The molecule has 0 spiro atoms. The zero-order valence-corrected chi connectivity index (χ0v) is 10.1. The lowest BCUT2D eigenvalue weighted by Gasteiger charge is -2.03. The number of anilines is 1. The van der Waals surface area contributed by atoms with E-state index < -0.39 is 5.97 Å². The molecule has 2 aromatic heterocycles. The molecule has 0 radical (unpaired) electrons. The summed E-state index contributed by atoms with van der Waals surface area (Å²) in [4.78, 5) is 26.5. The Bertz CT molecular complexity index is 593. The summed E-state index contributed by atoms with van der Waals surface area (Å²) in [5.74, 6) is -1.46. The highest BCUT2D eigenvalue weighted by atomic mass is 32.1. The van der Waals surface area contributed by atoms with E-state index in [1.54, 1.807) is 6.92 Å². The summed E-state index contributed by atoms with van der Waals surface area (Å²) >= 11 is 0.997. The molecule has 7 nitrogen and oxygen atoms in total. The largest absolute Gasteiger partial charge is 0.477 e. The van der Waals surface area contributed by atoms with Crippen molar-refractivity contribution in [2.75, 3.05) is 5.32 Å². The van der Waals surface area contributed by atoms with Gasteiger partial charge >= 0.3 is 5.97 Å². The predicted octanol–water partition coefficient (Wildman–Crippen LogP) is 1.19. The number of carboxylic acid groups (broad SMARTS) is 1. The van der Waals surface area contributed by atoms with Crippen LogP contribution in [0.2, 0.25) is 0 Å². The Labute approximate surface area is 106 Å². The SMILES string of the molecule is Cc1nnsc1C(=O)Nc1ccc(C(=O)O)nc1. The van der Waals surface area contributed by atoms with Gasteiger partial charge in [0, 0.05) is 0 Å². The second-order valence-corrected chi connectivity index (χ2v) is 4.13. The number of carbonyl (C=O) groups excluding carboxylic acids is 1. The Kier molecular flexibility index (Phi) is 3.28. The molecule has 0 aliphatic rings. The Morgan fingerprint density at radius 2 is 2.17 bits per heavy atom. The summed E-state index contributed by atoms with van der Waals surface area (Å²) in [6, 6.07) is 2.79. The smallest absolute Gasteiger partial charge is 0.354 e. The third-order valence-corrected chi connectivity index (χ3v) is 2.92. The van der Waals surface area contributed by atoms with E-state index in [0.717, 1.165) is 11.5 Å². The molecule has 0 aromatic carbocycles. The van der Waals surface area contributed by atoms with Crippen LogP contribution in [0.25, 0.3) is 0 Å². The maximum absolute atomic E-state index is 11.8. The van der Waals surface area contributed by atoms with E-state index in [1.807, 2.05) is 0 Å². The molecule has 0 saturated carbocycles. The number of aryl methyl sites for hydroxylation is 1. The Morgan fingerprint density at radius 1 is 1.39 bits per heavy atom. The highest BCUT2D eigenvalue weighted by Crippen LogP contribution is 2.13. The minimum absolute atomic E-state index is 0.0800. The first-order valence-electron chi connectivity index (χ1n) is 4.87. The van der Waals surface area contributed by atoms with Crippen LogP contribution in [0.3, 0.4) is 0 Å². The van der Waals surface area contributed by atoms with E-state index in [1.165, 1.54) is 18.3 Å². The number of nitrogens with zero attached hydrogens (tertiary/aromatic N) is 3. The second kappa shape index (κ2) is 4.88. The number of carbonyl (C=O) groups is 2. The maximum Gasteiger partial charge on any atom is 0.354 e. The number of hydrogen-bond donors (Lipinski definition) is 2. The zero-order chi connectivity index (χ0) is 13.1. The lowest BCUT2D eigenvalue weighted by Crippen LogP contribution is -2.12. The normalized spacial score (nSPS) is 10.1. The van der Waals surface area contributed by atoms with Crippen LogP contribution in [-0.4, -0.2) is 31.6 Å². The average molecular weight is 264 g/mol. The first kappa shape index (κ1) is 12.1. The molecule has 0 aliphatic carbocycles. The van der Waals surface area contributed by atoms with Gasteiger partial charge in [0.15, 0.2) is 0 Å². The highest BCUT2D eigenvalue weighted by Gasteiger charge is 2.13. The molecule has 0 fully saturated rings. The lowest BCUT2D eigenvalue weighted by atomic mass is 10.3. The molecule has 2 aromatic rings. The van der Waals surface area contributed by atoms with Crippen molar-refractivity contribution >= 4 is 29.1 Å². The molecule has 0 bridgehead atoms. The van der Waals surface area contributed by atoms with Gasteiger partial charge in [-0.05, 0) is 30.6 Å². The molecular formula is C10H8N4O3S. The Balaban J connectivity index is 2.13. The number of amides is 1. The molecule has 2 rings (SSSR count). The quantitative estimate of drug-likeness (QED) is 0.862. The number of pyridine rings is 1. The van der Waals surface area contributed by atoms with Crippen molar-refractivity contribution in [1.29, 1.82) is 0 Å². The van der Waals surface area contributed by atoms with Gasteiger partial charge in [0.25, 0.3) is 5.91 Å². The van der Waals surface area contributed by atoms with Gasteiger partial charge in [-0.15, -0.1) is 5.10 Å². The van der Waals surface area contributed by atoms with Gasteiger partial charge in [-0.3, -0.25) is 4.79 Å². The number of carboxylic acids is 1. The van der Waals surface area contributed by atoms with Gasteiger partial charge in [0.05, 0.1) is 17.6 Å². The summed E-state index contributed by atoms with van der Waals surface area (Å²) in [7, 11) is 0. The van der Waals surface area contributed by atoms with Gasteiger partial charge < -0.3 is 10.4 Å². The lowest BCUT2D eigenvalue weighted by molar-refractivity contribution is 0.0690. The topological polar surface area (TPSA) is 105 Å². The van der Waals surface area contributed by atoms with Crippen LogP contribution in [0.15, 0.2) is 18.3 Å². The third kappa shape index (κ3) is 2.48. The van der Waals surface area contributed by atoms with Crippen LogP contribution in [0.1, 0.15) is 25.9 Å². The molecule has 0 aliphatic heterocycles. The molecule has 2 heterocycles.